The summed E-state index contributed by atoms with van der Waals surface area (Å²) in [7, 11) is 0. The molecule has 0 bridgehead atoms. The van der Waals surface area contributed by atoms with E-state index in [1.165, 1.54) is 24.3 Å². The lowest BCUT2D eigenvalue weighted by Crippen LogP contribution is -2.17. The van der Waals surface area contributed by atoms with Gasteiger partial charge in [0, 0.05) is 6.54 Å². The average Bonchev–Trinajstić information content (AvgIpc) is 2.88. The fourth-order valence-corrected chi connectivity index (χ4v) is 4.34. The fourth-order valence-electron chi connectivity index (χ4n) is 2.93. The Bertz CT molecular complexity index is 608. The molecule has 114 valence electrons. The van der Waals surface area contributed by atoms with E-state index in [1.54, 1.807) is 0 Å². The summed E-state index contributed by atoms with van der Waals surface area (Å²) in [6.07, 6.45) is 2.58. The number of hydrogen-bond donors (Lipinski definition) is 0. The number of para-hydroxylation sites is 1. The highest BCUT2D eigenvalue weighted by molar-refractivity contribution is 7.99. The maximum absolute atomic E-state index is 6.12. The van der Waals surface area contributed by atoms with Crippen molar-refractivity contribution in [2.75, 3.05) is 18.1 Å². The molecule has 21 heavy (non-hydrogen) atoms. The topological polar surface area (TPSA) is 27.1 Å². The van der Waals surface area contributed by atoms with Gasteiger partial charge in [-0.15, -0.1) is 11.6 Å². The van der Waals surface area contributed by atoms with Crippen LogP contribution in [0.3, 0.4) is 0 Å². The van der Waals surface area contributed by atoms with Crippen LogP contribution in [0.2, 0.25) is 0 Å². The number of benzene rings is 1. The van der Waals surface area contributed by atoms with E-state index in [9.17, 15) is 0 Å². The van der Waals surface area contributed by atoms with Crippen LogP contribution >= 0.6 is 23.4 Å². The van der Waals surface area contributed by atoms with Crippen molar-refractivity contribution < 1.29 is 4.74 Å². The molecular formula is C16H21ClN2OS. The Balaban J connectivity index is 1.97. The number of thioether (sulfide) groups is 1. The summed E-state index contributed by atoms with van der Waals surface area (Å²) in [6, 6.07) is 6.15. The van der Waals surface area contributed by atoms with E-state index in [0.29, 0.717) is 12.5 Å². The number of imidazole rings is 1. The predicted octanol–water partition coefficient (Wildman–Crippen LogP) is 4.32. The van der Waals surface area contributed by atoms with Crippen molar-refractivity contribution in [3.63, 3.8) is 0 Å². The van der Waals surface area contributed by atoms with Gasteiger partial charge < -0.3 is 9.30 Å². The minimum atomic E-state index is 0.446. The first-order chi connectivity index (χ1) is 10.3. The average molecular weight is 325 g/mol. The summed E-state index contributed by atoms with van der Waals surface area (Å²) in [5, 5.41) is 0. The van der Waals surface area contributed by atoms with Crippen molar-refractivity contribution in [3.05, 3.63) is 24.0 Å². The van der Waals surface area contributed by atoms with Crippen LogP contribution in [0, 0.1) is 5.92 Å². The zero-order valence-corrected chi connectivity index (χ0v) is 13.9. The van der Waals surface area contributed by atoms with Crippen LogP contribution in [0.5, 0.6) is 5.75 Å². The maximum Gasteiger partial charge on any atom is 0.147 e. The van der Waals surface area contributed by atoms with E-state index >= 15 is 0 Å². The standard InChI is InChI=1S/C16H21ClN2OS/c1-2-20-14-5-3-4-13-16(14)18-15(10-17)19(13)11-12-6-8-21-9-7-12/h3-5,12H,2,6-11H2,1H3. The maximum atomic E-state index is 6.12. The van der Waals surface area contributed by atoms with E-state index in [4.69, 9.17) is 21.3 Å². The fraction of sp³-hybridized carbons (Fsp3) is 0.562. The number of ether oxygens (including phenoxy) is 1. The molecule has 1 aliphatic rings. The molecule has 1 aromatic heterocycles. The third-order valence-corrected chi connectivity index (χ3v) is 5.31. The van der Waals surface area contributed by atoms with Gasteiger partial charge in [0.15, 0.2) is 0 Å². The summed E-state index contributed by atoms with van der Waals surface area (Å²) in [5.74, 6) is 5.55. The molecule has 3 nitrogen and oxygen atoms in total. The summed E-state index contributed by atoms with van der Waals surface area (Å²) < 4.78 is 8.00. The molecule has 0 radical (unpaired) electrons. The zero-order chi connectivity index (χ0) is 14.7. The molecule has 5 heteroatoms. The van der Waals surface area contributed by atoms with Gasteiger partial charge in [-0.25, -0.2) is 4.98 Å². The third-order valence-electron chi connectivity index (χ3n) is 4.02. The molecule has 0 unspecified atom stereocenters. The zero-order valence-electron chi connectivity index (χ0n) is 12.3. The smallest absolute Gasteiger partial charge is 0.147 e. The first kappa shape index (κ1) is 15.0. The molecule has 0 N–H and O–H groups in total. The summed E-state index contributed by atoms with van der Waals surface area (Å²) in [5.41, 5.74) is 2.09. The predicted molar refractivity (Wildman–Crippen MR) is 90.5 cm³/mol. The van der Waals surface area contributed by atoms with Crippen molar-refractivity contribution in [3.8, 4) is 5.75 Å². The number of halogens is 1. The number of aromatic nitrogens is 2. The van der Waals surface area contributed by atoms with E-state index < -0.39 is 0 Å². The van der Waals surface area contributed by atoms with Crippen LogP contribution in [0.25, 0.3) is 11.0 Å². The van der Waals surface area contributed by atoms with Crippen LogP contribution in [0.1, 0.15) is 25.6 Å². The molecule has 1 aliphatic heterocycles. The van der Waals surface area contributed by atoms with Gasteiger partial charge in [0.25, 0.3) is 0 Å². The summed E-state index contributed by atoms with van der Waals surface area (Å²) in [6.45, 7) is 3.68. The number of nitrogens with zero attached hydrogens (tertiary/aromatic N) is 2. The SMILES string of the molecule is CCOc1cccc2c1nc(CCl)n2CC1CCSCC1. The van der Waals surface area contributed by atoms with Crippen LogP contribution in [0.4, 0.5) is 0 Å². The first-order valence-corrected chi connectivity index (χ1v) is 9.27. The number of hydrogen-bond acceptors (Lipinski definition) is 3. The molecular weight excluding hydrogens is 304 g/mol. The number of rotatable bonds is 5. The molecule has 0 aliphatic carbocycles. The lowest BCUT2D eigenvalue weighted by molar-refractivity contribution is 0.343. The molecule has 0 spiro atoms. The van der Waals surface area contributed by atoms with Gasteiger partial charge in [0.05, 0.1) is 18.0 Å². The van der Waals surface area contributed by atoms with Crippen molar-refractivity contribution >= 4 is 34.4 Å². The molecule has 0 saturated carbocycles. The Morgan fingerprint density at radius 2 is 2.19 bits per heavy atom. The molecule has 0 atom stereocenters. The van der Waals surface area contributed by atoms with Gasteiger partial charge >= 0.3 is 0 Å². The van der Waals surface area contributed by atoms with Crippen molar-refractivity contribution in [1.82, 2.24) is 9.55 Å². The van der Waals surface area contributed by atoms with Crippen molar-refractivity contribution in [2.24, 2.45) is 5.92 Å². The number of alkyl halides is 1. The quantitative estimate of drug-likeness (QED) is 0.766. The minimum absolute atomic E-state index is 0.446. The van der Waals surface area contributed by atoms with Crippen LogP contribution < -0.4 is 4.74 Å². The van der Waals surface area contributed by atoms with Gasteiger partial charge in [-0.05, 0) is 49.3 Å². The van der Waals surface area contributed by atoms with Gasteiger partial charge in [0.1, 0.15) is 17.1 Å². The van der Waals surface area contributed by atoms with Gasteiger partial charge in [0.2, 0.25) is 0 Å². The molecule has 1 fully saturated rings. The second-order valence-electron chi connectivity index (χ2n) is 5.38. The lowest BCUT2D eigenvalue weighted by Gasteiger charge is -2.22. The van der Waals surface area contributed by atoms with Crippen molar-refractivity contribution in [1.29, 1.82) is 0 Å². The van der Waals surface area contributed by atoms with E-state index in [1.807, 2.05) is 19.1 Å². The highest BCUT2D eigenvalue weighted by Gasteiger charge is 2.19. The highest BCUT2D eigenvalue weighted by atomic mass is 35.5. The molecule has 1 saturated heterocycles. The van der Waals surface area contributed by atoms with Gasteiger partial charge in [-0.2, -0.15) is 11.8 Å². The Morgan fingerprint density at radius 1 is 1.38 bits per heavy atom. The highest BCUT2D eigenvalue weighted by Crippen LogP contribution is 2.30. The third kappa shape index (κ3) is 3.16. The van der Waals surface area contributed by atoms with Crippen LogP contribution in [0.15, 0.2) is 18.2 Å². The minimum Gasteiger partial charge on any atom is -0.492 e. The summed E-state index contributed by atoms with van der Waals surface area (Å²) >= 11 is 8.19. The van der Waals surface area contributed by atoms with E-state index in [0.717, 1.165) is 35.1 Å². The van der Waals surface area contributed by atoms with Crippen LogP contribution in [-0.4, -0.2) is 27.7 Å². The Labute approximate surface area is 135 Å². The first-order valence-electron chi connectivity index (χ1n) is 7.58. The Hall–Kier alpha value is -0.870. The number of fused-ring (bicyclic) bond motifs is 1. The molecule has 0 amide bonds. The molecule has 1 aromatic carbocycles. The van der Waals surface area contributed by atoms with Gasteiger partial charge in [-0.1, -0.05) is 6.07 Å². The molecule has 3 rings (SSSR count). The Morgan fingerprint density at radius 3 is 2.90 bits per heavy atom. The van der Waals surface area contributed by atoms with Crippen LogP contribution in [-0.2, 0) is 12.4 Å². The second-order valence-corrected chi connectivity index (χ2v) is 6.88. The van der Waals surface area contributed by atoms with Gasteiger partial charge in [-0.3, -0.25) is 0 Å². The second kappa shape index (κ2) is 6.93. The van der Waals surface area contributed by atoms with Crippen molar-refractivity contribution in [2.45, 2.75) is 32.2 Å². The normalized spacial score (nSPS) is 16.5. The summed E-state index contributed by atoms with van der Waals surface area (Å²) in [4.78, 5) is 4.72. The Kier molecular flexibility index (Phi) is 4.96. The molecule has 2 aromatic rings. The largest absolute Gasteiger partial charge is 0.492 e. The monoisotopic (exact) mass is 324 g/mol. The molecule has 2 heterocycles. The van der Waals surface area contributed by atoms with E-state index in [-0.39, 0.29) is 0 Å². The lowest BCUT2D eigenvalue weighted by atomic mass is 10.0. The van der Waals surface area contributed by atoms with E-state index in [2.05, 4.69) is 22.4 Å².